The fourth-order valence-electron chi connectivity index (χ4n) is 9.22. The summed E-state index contributed by atoms with van der Waals surface area (Å²) < 4.78 is 13.6. The summed E-state index contributed by atoms with van der Waals surface area (Å²) in [6.07, 6.45) is 0. The lowest BCUT2D eigenvalue weighted by atomic mass is 9.34. The number of nitrogens with zero attached hydrogens (tertiary/aromatic N) is 2. The molecular weight excluding hydrogens is 695 g/mol. The summed E-state index contributed by atoms with van der Waals surface area (Å²) in [6.45, 7) is -0.0682. The van der Waals surface area contributed by atoms with Crippen LogP contribution >= 0.6 is 0 Å². The van der Waals surface area contributed by atoms with E-state index in [0.717, 1.165) is 90.2 Å². The summed E-state index contributed by atoms with van der Waals surface area (Å²) in [7, 11) is 0. The molecule has 0 unspecified atom stereocenters. The van der Waals surface area contributed by atoms with Crippen LogP contribution in [0.5, 0.6) is 23.0 Å². The van der Waals surface area contributed by atoms with Gasteiger partial charge in [-0.05, 0) is 106 Å². The first-order valence-electron chi connectivity index (χ1n) is 19.5. The van der Waals surface area contributed by atoms with E-state index in [9.17, 15) is 0 Å². The molecule has 0 saturated heterocycles. The molecule has 0 amide bonds. The van der Waals surface area contributed by atoms with Crippen LogP contribution in [0.2, 0.25) is 0 Å². The highest BCUT2D eigenvalue weighted by molar-refractivity contribution is 6.98. The quantitative estimate of drug-likeness (QED) is 0.165. The molecule has 3 aliphatic heterocycles. The highest BCUT2D eigenvalue weighted by Crippen LogP contribution is 2.54. The molecule has 0 aliphatic carbocycles. The number of fused-ring (bicyclic) bond motifs is 6. The van der Waals surface area contributed by atoms with E-state index in [-0.39, 0.29) is 6.71 Å². The molecule has 266 valence electrons. The van der Waals surface area contributed by atoms with Crippen molar-refractivity contribution in [3.8, 4) is 45.3 Å². The van der Waals surface area contributed by atoms with Crippen LogP contribution in [0.25, 0.3) is 33.0 Å². The van der Waals surface area contributed by atoms with E-state index in [1.807, 2.05) is 6.07 Å². The Morgan fingerprint density at radius 2 is 1.05 bits per heavy atom. The summed E-state index contributed by atoms with van der Waals surface area (Å²) >= 11 is 0. The van der Waals surface area contributed by atoms with Crippen LogP contribution in [0, 0.1) is 0 Å². The van der Waals surface area contributed by atoms with Gasteiger partial charge in [-0.25, -0.2) is 0 Å². The van der Waals surface area contributed by atoms with E-state index in [2.05, 4.69) is 204 Å². The number of rotatable bonds is 5. The minimum absolute atomic E-state index is 0.0682. The highest BCUT2D eigenvalue weighted by atomic mass is 16.5. The molecule has 0 atom stereocenters. The second kappa shape index (κ2) is 12.5. The molecule has 9 aromatic rings. The lowest BCUT2D eigenvalue weighted by Crippen LogP contribution is -2.57. The van der Waals surface area contributed by atoms with Crippen molar-refractivity contribution in [2.45, 2.75) is 0 Å². The Bertz CT molecular complexity index is 2990. The molecule has 0 N–H and O–H groups in total. The van der Waals surface area contributed by atoms with Crippen LogP contribution in [-0.4, -0.2) is 6.71 Å². The minimum Gasteiger partial charge on any atom is -0.458 e. The molecule has 3 heterocycles. The van der Waals surface area contributed by atoms with Crippen LogP contribution in [0.3, 0.4) is 0 Å². The lowest BCUT2D eigenvalue weighted by molar-refractivity contribution is 0.465. The maximum atomic E-state index is 6.89. The number of ether oxygens (including phenoxy) is 2. The number of benzene rings is 9. The number of anilines is 6. The van der Waals surface area contributed by atoms with Gasteiger partial charge in [-0.15, -0.1) is 0 Å². The average Bonchev–Trinajstić information content (AvgIpc) is 3.28. The molecule has 57 heavy (non-hydrogen) atoms. The van der Waals surface area contributed by atoms with Crippen molar-refractivity contribution in [3.63, 3.8) is 0 Å². The molecule has 0 saturated carbocycles. The Hall–Kier alpha value is -7.50. The molecule has 9 aromatic carbocycles. The van der Waals surface area contributed by atoms with Gasteiger partial charge in [0.15, 0.2) is 0 Å². The first-order valence-corrected chi connectivity index (χ1v) is 19.5. The second-order valence-corrected chi connectivity index (χ2v) is 14.8. The third-order valence-corrected chi connectivity index (χ3v) is 11.7. The Morgan fingerprint density at radius 3 is 1.75 bits per heavy atom. The first kappa shape index (κ1) is 31.8. The zero-order valence-electron chi connectivity index (χ0n) is 30.8. The molecule has 0 bridgehead atoms. The van der Waals surface area contributed by atoms with Crippen molar-refractivity contribution < 1.29 is 9.47 Å². The van der Waals surface area contributed by atoms with Crippen molar-refractivity contribution in [3.05, 3.63) is 200 Å². The number of hydrogen-bond acceptors (Lipinski definition) is 4. The monoisotopic (exact) mass is 728 g/mol. The van der Waals surface area contributed by atoms with Gasteiger partial charge in [-0.2, -0.15) is 0 Å². The zero-order chi connectivity index (χ0) is 37.5. The normalized spacial score (nSPS) is 12.8. The largest absolute Gasteiger partial charge is 0.458 e. The van der Waals surface area contributed by atoms with E-state index in [4.69, 9.17) is 9.47 Å². The molecule has 12 rings (SSSR count). The lowest BCUT2D eigenvalue weighted by Gasteiger charge is -2.38. The molecule has 0 aromatic heterocycles. The van der Waals surface area contributed by atoms with Gasteiger partial charge in [0.2, 0.25) is 0 Å². The molecule has 5 heteroatoms. The van der Waals surface area contributed by atoms with Gasteiger partial charge in [0.05, 0.1) is 17.1 Å². The van der Waals surface area contributed by atoms with Crippen LogP contribution in [0.4, 0.5) is 34.1 Å². The van der Waals surface area contributed by atoms with Gasteiger partial charge < -0.3 is 19.3 Å². The maximum Gasteiger partial charge on any atom is 0.260 e. The SMILES string of the molecule is c1ccc(-c2ccc3c(c2)Oc2cccc4c2B3c2cc3c(cc2O4)-c2ccc(N(c4ccccc4)c4ccccc4)c4cccc(c24)N3c2ccccc2)cc1. The third-order valence-electron chi connectivity index (χ3n) is 11.7. The van der Waals surface area contributed by atoms with E-state index in [0.29, 0.717) is 0 Å². The summed E-state index contributed by atoms with van der Waals surface area (Å²) in [5, 5.41) is 2.37. The predicted molar refractivity (Wildman–Crippen MR) is 235 cm³/mol. The predicted octanol–water partition coefficient (Wildman–Crippen LogP) is 12.2. The van der Waals surface area contributed by atoms with E-state index < -0.39 is 0 Å². The second-order valence-electron chi connectivity index (χ2n) is 14.8. The standard InChI is InChI=1S/C52H33BN2O2/c1-5-15-34(16-6-1)35-27-29-42-49(31-35)56-47-25-14-26-48-52(47)53(42)43-33-46-41(32-50(43)57-48)39-28-30-44(54(36-17-7-2-8-18-36)37-19-9-3-10-20-37)40-23-13-24-45(51(39)40)55(46)38-21-11-4-12-22-38/h1-33H. The van der Waals surface area contributed by atoms with Crippen molar-refractivity contribution in [1.29, 1.82) is 0 Å². The Balaban J connectivity index is 1.09. The summed E-state index contributed by atoms with van der Waals surface area (Å²) in [6, 6.07) is 71.3. The average molecular weight is 729 g/mol. The highest BCUT2D eigenvalue weighted by Gasteiger charge is 2.42. The van der Waals surface area contributed by atoms with Crippen molar-refractivity contribution in [2.24, 2.45) is 0 Å². The van der Waals surface area contributed by atoms with Gasteiger partial charge in [0, 0.05) is 38.9 Å². The third kappa shape index (κ3) is 4.89. The summed E-state index contributed by atoms with van der Waals surface area (Å²) in [4.78, 5) is 4.80. The van der Waals surface area contributed by atoms with E-state index in [1.54, 1.807) is 0 Å². The molecule has 0 fully saturated rings. The molecule has 3 aliphatic rings. The number of hydrogen-bond donors (Lipinski definition) is 0. The van der Waals surface area contributed by atoms with Gasteiger partial charge in [-0.3, -0.25) is 0 Å². The van der Waals surface area contributed by atoms with Gasteiger partial charge in [0.1, 0.15) is 23.0 Å². The maximum absolute atomic E-state index is 6.89. The Morgan fingerprint density at radius 1 is 0.421 bits per heavy atom. The van der Waals surface area contributed by atoms with E-state index >= 15 is 0 Å². The van der Waals surface area contributed by atoms with Gasteiger partial charge in [0.25, 0.3) is 6.71 Å². The molecular formula is C52H33BN2O2. The zero-order valence-corrected chi connectivity index (χ0v) is 30.8. The van der Waals surface area contributed by atoms with Crippen molar-refractivity contribution >= 4 is 68.0 Å². The topological polar surface area (TPSA) is 24.9 Å². The van der Waals surface area contributed by atoms with Crippen molar-refractivity contribution in [1.82, 2.24) is 0 Å². The molecule has 0 radical (unpaired) electrons. The fourth-order valence-corrected chi connectivity index (χ4v) is 9.22. The van der Waals surface area contributed by atoms with Crippen LogP contribution < -0.4 is 35.7 Å². The van der Waals surface area contributed by atoms with Gasteiger partial charge >= 0.3 is 0 Å². The minimum atomic E-state index is -0.0682. The Labute approximate surface area is 331 Å². The molecule has 0 spiro atoms. The fraction of sp³-hybridized carbons (Fsp3) is 0. The summed E-state index contributed by atoms with van der Waals surface area (Å²) in [5.74, 6) is 3.41. The summed E-state index contributed by atoms with van der Waals surface area (Å²) in [5.41, 5.74) is 14.6. The van der Waals surface area contributed by atoms with Crippen LogP contribution in [0.1, 0.15) is 0 Å². The van der Waals surface area contributed by atoms with Crippen LogP contribution in [-0.2, 0) is 0 Å². The van der Waals surface area contributed by atoms with Gasteiger partial charge in [-0.1, -0.05) is 121 Å². The molecule has 4 nitrogen and oxygen atoms in total. The Kier molecular flexibility index (Phi) is 6.99. The van der Waals surface area contributed by atoms with Crippen LogP contribution in [0.15, 0.2) is 200 Å². The van der Waals surface area contributed by atoms with Crippen molar-refractivity contribution in [2.75, 3.05) is 9.80 Å². The van der Waals surface area contributed by atoms with E-state index in [1.165, 1.54) is 16.3 Å². The smallest absolute Gasteiger partial charge is 0.260 e. The number of para-hydroxylation sites is 3. The first-order chi connectivity index (χ1) is 28.3.